The molecule has 6 nitrogen and oxygen atoms in total. The summed E-state index contributed by atoms with van der Waals surface area (Å²) in [7, 11) is 0. The number of nitriles is 1. The molecule has 1 N–H and O–H groups in total. The van der Waals surface area contributed by atoms with Crippen LogP contribution in [0.2, 0.25) is 0 Å². The Bertz CT molecular complexity index is 3690. The quantitative estimate of drug-likeness (QED) is 0.174. The van der Waals surface area contributed by atoms with Gasteiger partial charge in [0.1, 0.15) is 12.0 Å². The predicted octanol–water partition coefficient (Wildman–Crippen LogP) is 13.6. The lowest BCUT2D eigenvalue weighted by Crippen LogP contribution is -2.33. The number of hydrogen-bond donors (Lipinski definition) is 1. The van der Waals surface area contributed by atoms with Crippen LogP contribution in [-0.4, -0.2) is 20.8 Å². The first-order chi connectivity index (χ1) is 31.7. The molecule has 1 aliphatic heterocycles. The summed E-state index contributed by atoms with van der Waals surface area (Å²) < 4.78 is 4.68. The van der Waals surface area contributed by atoms with Crippen LogP contribution in [-0.2, 0) is 0 Å². The standard InChI is InChI=1S/C58H38N6/c59-37-42-24-15-31-49-53(42)55-45(44-28-16-32-50-54(44)46-27-13-14-30-48(46)63(50)43-25-11-4-12-26-43)29-17-33-51(55)64(49)52-36-41(38-18-5-1-6-19-38)34-35-47(52)58-61-56(39-20-7-2-8-21-39)60-57(62-58)40-22-9-3-10-23-40/h1-36,56H,(H,60,61,62). The van der Waals surface area contributed by atoms with Gasteiger partial charge in [0, 0.05) is 38.4 Å². The number of fused-ring (bicyclic) bond motifs is 6. The fourth-order valence-electron chi connectivity index (χ4n) is 9.62. The van der Waals surface area contributed by atoms with E-state index in [1.807, 2.05) is 54.6 Å². The average molecular weight is 819 g/mol. The van der Waals surface area contributed by atoms with Crippen molar-refractivity contribution in [3.8, 4) is 39.7 Å². The Balaban J connectivity index is 1.17. The number of aliphatic imine (C=N–C) groups is 2. The number of amidine groups is 2. The van der Waals surface area contributed by atoms with E-state index in [4.69, 9.17) is 9.98 Å². The summed E-state index contributed by atoms with van der Waals surface area (Å²) in [5, 5.41) is 18.8. The summed E-state index contributed by atoms with van der Waals surface area (Å²) in [5.41, 5.74) is 14.0. The van der Waals surface area contributed by atoms with Crippen LogP contribution in [0.1, 0.15) is 28.4 Å². The molecule has 9 aromatic carbocycles. The number of nitrogens with one attached hydrogen (secondary N) is 1. The highest BCUT2D eigenvalue weighted by molar-refractivity contribution is 6.24. The van der Waals surface area contributed by atoms with Gasteiger partial charge in [-0.05, 0) is 82.4 Å². The molecule has 1 atom stereocenters. The van der Waals surface area contributed by atoms with Gasteiger partial charge in [-0.3, -0.25) is 0 Å². The third-order valence-electron chi connectivity index (χ3n) is 12.4. The first-order valence-corrected chi connectivity index (χ1v) is 21.5. The normalized spacial score (nSPS) is 13.8. The number of rotatable bonds is 7. The van der Waals surface area contributed by atoms with Crippen molar-refractivity contribution < 1.29 is 0 Å². The van der Waals surface area contributed by atoms with E-state index in [0.717, 1.165) is 94.4 Å². The van der Waals surface area contributed by atoms with Gasteiger partial charge in [-0.1, -0.05) is 164 Å². The minimum absolute atomic E-state index is 0.376. The van der Waals surface area contributed by atoms with Crippen LogP contribution in [0.3, 0.4) is 0 Å². The maximum absolute atomic E-state index is 10.9. The van der Waals surface area contributed by atoms with Gasteiger partial charge in [-0.15, -0.1) is 0 Å². The van der Waals surface area contributed by atoms with Gasteiger partial charge in [0.15, 0.2) is 5.84 Å². The van der Waals surface area contributed by atoms with Gasteiger partial charge in [0.2, 0.25) is 0 Å². The van der Waals surface area contributed by atoms with Gasteiger partial charge in [0.05, 0.1) is 39.4 Å². The Kier molecular flexibility index (Phi) is 8.84. The summed E-state index contributed by atoms with van der Waals surface area (Å²) >= 11 is 0. The first-order valence-electron chi connectivity index (χ1n) is 21.5. The van der Waals surface area contributed by atoms with Crippen LogP contribution in [0.25, 0.3) is 77.2 Å². The molecule has 3 heterocycles. The van der Waals surface area contributed by atoms with Crippen LogP contribution in [0, 0.1) is 11.3 Å². The van der Waals surface area contributed by atoms with Gasteiger partial charge in [-0.2, -0.15) is 5.26 Å². The maximum Gasteiger partial charge on any atom is 0.161 e. The minimum Gasteiger partial charge on any atom is -0.344 e. The second kappa shape index (κ2) is 15.3. The van der Waals surface area contributed by atoms with Gasteiger partial charge >= 0.3 is 0 Å². The van der Waals surface area contributed by atoms with E-state index in [9.17, 15) is 5.26 Å². The highest BCUT2D eigenvalue weighted by Crippen LogP contribution is 2.45. The van der Waals surface area contributed by atoms with Crippen LogP contribution < -0.4 is 5.32 Å². The fourth-order valence-corrected chi connectivity index (χ4v) is 9.62. The summed E-state index contributed by atoms with van der Waals surface area (Å²) in [6.45, 7) is 0. The van der Waals surface area contributed by atoms with Crippen molar-refractivity contribution >= 4 is 55.3 Å². The van der Waals surface area contributed by atoms with Gasteiger partial charge < -0.3 is 14.5 Å². The third-order valence-corrected chi connectivity index (χ3v) is 12.4. The molecule has 0 radical (unpaired) electrons. The summed E-state index contributed by atoms with van der Waals surface area (Å²) in [6.07, 6.45) is -0.376. The summed E-state index contributed by atoms with van der Waals surface area (Å²) in [4.78, 5) is 10.7. The van der Waals surface area contributed by atoms with Gasteiger partial charge in [-0.25, -0.2) is 9.98 Å². The molecule has 0 saturated carbocycles. The summed E-state index contributed by atoms with van der Waals surface area (Å²) in [6, 6.07) is 78.6. The maximum atomic E-state index is 10.9. The zero-order valence-corrected chi connectivity index (χ0v) is 34.6. The molecule has 2 aromatic heterocycles. The monoisotopic (exact) mass is 818 g/mol. The van der Waals surface area contributed by atoms with E-state index in [1.54, 1.807) is 0 Å². The molecule has 0 spiro atoms. The molecule has 11 aromatic rings. The van der Waals surface area contributed by atoms with E-state index < -0.39 is 0 Å². The second-order valence-electron chi connectivity index (χ2n) is 16.1. The third kappa shape index (κ3) is 6.02. The minimum atomic E-state index is -0.376. The van der Waals surface area contributed by atoms with Crippen molar-refractivity contribution in [1.82, 2.24) is 14.5 Å². The Morgan fingerprint density at radius 1 is 0.453 bits per heavy atom. The largest absolute Gasteiger partial charge is 0.344 e. The van der Waals surface area contributed by atoms with Crippen molar-refractivity contribution in [1.29, 1.82) is 5.26 Å². The molecule has 12 rings (SSSR count). The number of nitrogens with zero attached hydrogens (tertiary/aromatic N) is 5. The topological polar surface area (TPSA) is 70.4 Å². The van der Waals surface area contributed by atoms with Crippen molar-refractivity contribution in [3.63, 3.8) is 0 Å². The molecule has 300 valence electrons. The molecule has 0 aliphatic carbocycles. The van der Waals surface area contributed by atoms with E-state index >= 15 is 0 Å². The zero-order valence-electron chi connectivity index (χ0n) is 34.6. The predicted molar refractivity (Wildman–Crippen MR) is 263 cm³/mol. The number of para-hydroxylation sites is 2. The highest BCUT2D eigenvalue weighted by atomic mass is 15.2. The van der Waals surface area contributed by atoms with Gasteiger partial charge in [0.25, 0.3) is 0 Å². The Hall–Kier alpha value is -8.79. The fraction of sp³-hybridized carbons (Fsp3) is 0.0172. The van der Waals surface area contributed by atoms with Crippen LogP contribution >= 0.6 is 0 Å². The molecule has 0 amide bonds. The molecule has 0 fully saturated rings. The van der Waals surface area contributed by atoms with Crippen LogP contribution in [0.4, 0.5) is 0 Å². The Labute approximate surface area is 370 Å². The second-order valence-corrected chi connectivity index (χ2v) is 16.1. The molecule has 1 aliphatic rings. The van der Waals surface area contributed by atoms with Crippen LogP contribution in [0.15, 0.2) is 228 Å². The van der Waals surface area contributed by atoms with Crippen molar-refractivity contribution in [3.05, 3.63) is 241 Å². The molecule has 1 unspecified atom stereocenters. The SMILES string of the molecule is N#Cc1cccc2c1c1c(-c3cccc4c3c3ccccc3n4-c3ccccc3)cccc1n2-c1cc(-c2ccccc2)ccc1C1=NC(c2ccccc2)NC(c2ccccc2)=N1. The number of aromatic nitrogens is 2. The van der Waals surface area contributed by atoms with E-state index in [-0.39, 0.29) is 6.17 Å². The molecule has 0 saturated heterocycles. The lowest BCUT2D eigenvalue weighted by molar-refractivity contribution is 0.674. The Morgan fingerprint density at radius 2 is 1.03 bits per heavy atom. The molecular weight excluding hydrogens is 781 g/mol. The lowest BCUT2D eigenvalue weighted by Gasteiger charge is -2.25. The lowest BCUT2D eigenvalue weighted by atomic mass is 9.94. The van der Waals surface area contributed by atoms with E-state index in [2.05, 4.69) is 184 Å². The smallest absolute Gasteiger partial charge is 0.161 e. The van der Waals surface area contributed by atoms with E-state index in [1.165, 1.54) is 5.39 Å². The van der Waals surface area contributed by atoms with Crippen LogP contribution in [0.5, 0.6) is 0 Å². The van der Waals surface area contributed by atoms with Crippen molar-refractivity contribution in [2.24, 2.45) is 9.98 Å². The molecule has 64 heavy (non-hydrogen) atoms. The number of benzene rings is 9. The Morgan fingerprint density at radius 3 is 1.75 bits per heavy atom. The molecule has 6 heteroatoms. The number of hydrogen-bond acceptors (Lipinski definition) is 4. The van der Waals surface area contributed by atoms with Crippen molar-refractivity contribution in [2.45, 2.75) is 6.17 Å². The molecule has 0 bridgehead atoms. The molecular formula is C58H38N6. The average Bonchev–Trinajstić information content (AvgIpc) is 3.90. The first kappa shape index (κ1) is 37.0. The van der Waals surface area contributed by atoms with Crippen molar-refractivity contribution in [2.75, 3.05) is 0 Å². The summed E-state index contributed by atoms with van der Waals surface area (Å²) in [5.74, 6) is 1.36. The zero-order chi connectivity index (χ0) is 42.6. The van der Waals surface area contributed by atoms with E-state index in [0.29, 0.717) is 11.4 Å². The highest BCUT2D eigenvalue weighted by Gasteiger charge is 2.27.